The van der Waals surface area contributed by atoms with Gasteiger partial charge < -0.3 is 19.0 Å². The molecule has 1 aromatic heterocycles. The Bertz CT molecular complexity index is 889. The first kappa shape index (κ1) is 20.6. The molecule has 3 fully saturated rings. The number of carboxylic acid groups (broad SMARTS) is 1. The fraction of sp³-hybridized carbons (Fsp3) is 0.636. The van der Waals surface area contributed by atoms with Crippen molar-refractivity contribution in [3.63, 3.8) is 0 Å². The largest absolute Gasteiger partial charge is 0.481 e. The summed E-state index contributed by atoms with van der Waals surface area (Å²) >= 11 is 0. The van der Waals surface area contributed by atoms with Crippen molar-refractivity contribution < 1.29 is 38.2 Å². The molecule has 7 atom stereocenters. The van der Waals surface area contributed by atoms with E-state index in [0.717, 1.165) is 0 Å². The van der Waals surface area contributed by atoms with Gasteiger partial charge >= 0.3 is 17.9 Å². The second kappa shape index (κ2) is 6.96. The summed E-state index contributed by atoms with van der Waals surface area (Å²) in [6, 6.07) is 1.72. The number of carboxylic acids is 1. The monoisotopic (exact) mass is 418 g/mol. The van der Waals surface area contributed by atoms with Crippen LogP contribution in [0.15, 0.2) is 23.0 Å². The van der Waals surface area contributed by atoms with E-state index in [-0.39, 0.29) is 18.2 Å². The predicted octanol–water partition coefficient (Wildman–Crippen LogP) is 2.91. The van der Waals surface area contributed by atoms with Gasteiger partial charge in [-0.05, 0) is 36.2 Å². The molecule has 0 aromatic carbocycles. The van der Waals surface area contributed by atoms with Crippen molar-refractivity contribution in [2.24, 2.45) is 28.6 Å². The summed E-state index contributed by atoms with van der Waals surface area (Å²) in [6.07, 6.45) is 2.49. The molecular weight excluding hydrogens is 392 g/mol. The first-order chi connectivity index (χ1) is 14.1. The standard InChI is InChI=1S/C22H26O8/c1-11(23)29-15-8-14(19(25)26)21(2)6-4-13-20(27)30-16(12-5-7-28-10-12)9-22(13,3)18(21)17(15)24/h5,7,10,13-16,18H,4,6,8-9H2,1-3H3,(H,25,26)/t13-,14+,15+,16+,18?,21+,22+/m1/s1. The zero-order chi connectivity index (χ0) is 21.8. The van der Waals surface area contributed by atoms with Crippen molar-refractivity contribution >= 4 is 23.7 Å². The van der Waals surface area contributed by atoms with Crippen molar-refractivity contribution in [3.05, 3.63) is 24.2 Å². The zero-order valence-electron chi connectivity index (χ0n) is 17.3. The van der Waals surface area contributed by atoms with E-state index in [1.54, 1.807) is 6.07 Å². The molecule has 0 radical (unpaired) electrons. The van der Waals surface area contributed by atoms with E-state index in [4.69, 9.17) is 13.9 Å². The second-order valence-corrected chi connectivity index (χ2v) is 9.35. The molecule has 30 heavy (non-hydrogen) atoms. The lowest BCUT2D eigenvalue weighted by molar-refractivity contribution is -0.209. The number of esters is 2. The number of carbonyl (C=O) groups is 4. The van der Waals surface area contributed by atoms with Crippen LogP contribution in [0.25, 0.3) is 0 Å². The molecule has 0 amide bonds. The van der Waals surface area contributed by atoms with Crippen molar-refractivity contribution in [2.45, 2.75) is 58.7 Å². The Kier molecular flexibility index (Phi) is 4.78. The fourth-order valence-corrected chi connectivity index (χ4v) is 6.34. The number of rotatable bonds is 3. The number of ether oxygens (including phenoxy) is 2. The Morgan fingerprint density at radius 3 is 2.57 bits per heavy atom. The summed E-state index contributed by atoms with van der Waals surface area (Å²) < 4.78 is 16.0. The zero-order valence-corrected chi connectivity index (χ0v) is 17.3. The third-order valence-electron chi connectivity index (χ3n) is 7.62. The molecule has 2 aliphatic carbocycles. The minimum absolute atomic E-state index is 0.0445. The van der Waals surface area contributed by atoms with Gasteiger partial charge in [-0.25, -0.2) is 0 Å². The molecule has 8 nitrogen and oxygen atoms in total. The van der Waals surface area contributed by atoms with Gasteiger partial charge in [-0.2, -0.15) is 0 Å². The maximum atomic E-state index is 13.6. The van der Waals surface area contributed by atoms with E-state index in [2.05, 4.69) is 0 Å². The highest BCUT2D eigenvalue weighted by Gasteiger charge is 2.67. The Labute approximate surface area is 173 Å². The van der Waals surface area contributed by atoms with Crippen molar-refractivity contribution in [1.82, 2.24) is 0 Å². The molecule has 162 valence electrons. The third kappa shape index (κ3) is 2.96. The van der Waals surface area contributed by atoms with Crippen LogP contribution < -0.4 is 0 Å². The number of fused-ring (bicyclic) bond motifs is 3. The molecule has 1 aliphatic heterocycles. The molecule has 4 rings (SSSR count). The molecule has 8 heteroatoms. The number of carbonyl (C=O) groups excluding carboxylic acids is 3. The average Bonchev–Trinajstić information content (AvgIpc) is 3.17. The van der Waals surface area contributed by atoms with Gasteiger partial charge in [0.25, 0.3) is 0 Å². The van der Waals surface area contributed by atoms with Crippen LogP contribution in [0.2, 0.25) is 0 Å². The fourth-order valence-electron chi connectivity index (χ4n) is 6.34. The molecule has 0 spiro atoms. The Hall–Kier alpha value is -2.64. The molecule has 2 saturated carbocycles. The topological polar surface area (TPSA) is 120 Å². The summed E-state index contributed by atoms with van der Waals surface area (Å²) in [5.41, 5.74) is -0.970. The SMILES string of the molecule is CC(=O)O[C@H]1C[C@@H](C(=O)O)[C@]2(C)CC[C@@H]3C(=O)O[C@H](c4ccoc4)C[C@]3(C)C2C1=O. The third-order valence-corrected chi connectivity index (χ3v) is 7.62. The maximum absolute atomic E-state index is 13.6. The van der Waals surface area contributed by atoms with E-state index in [1.807, 2.05) is 13.8 Å². The Morgan fingerprint density at radius 2 is 1.97 bits per heavy atom. The van der Waals surface area contributed by atoms with Gasteiger partial charge in [-0.1, -0.05) is 13.8 Å². The summed E-state index contributed by atoms with van der Waals surface area (Å²) in [6.45, 7) is 4.90. The Morgan fingerprint density at radius 1 is 1.23 bits per heavy atom. The lowest BCUT2D eigenvalue weighted by Gasteiger charge is -2.60. The molecular formula is C22H26O8. The lowest BCUT2D eigenvalue weighted by atomic mass is 9.43. The molecule has 1 unspecified atom stereocenters. The van der Waals surface area contributed by atoms with Crippen LogP contribution in [-0.2, 0) is 28.7 Å². The molecule has 1 N–H and O–H groups in total. The van der Waals surface area contributed by atoms with E-state index in [0.29, 0.717) is 24.8 Å². The van der Waals surface area contributed by atoms with Gasteiger partial charge in [-0.15, -0.1) is 0 Å². The van der Waals surface area contributed by atoms with E-state index >= 15 is 0 Å². The van der Waals surface area contributed by atoms with E-state index in [9.17, 15) is 24.3 Å². The number of aliphatic carboxylic acids is 1. The van der Waals surface area contributed by atoms with Crippen molar-refractivity contribution in [1.29, 1.82) is 0 Å². The molecule has 2 heterocycles. The summed E-state index contributed by atoms with van der Waals surface area (Å²) in [4.78, 5) is 50.3. The Balaban J connectivity index is 1.79. The van der Waals surface area contributed by atoms with Crippen LogP contribution in [0.5, 0.6) is 0 Å². The quantitative estimate of drug-likeness (QED) is 0.744. The highest BCUT2D eigenvalue weighted by atomic mass is 16.6. The molecule has 3 aliphatic rings. The summed E-state index contributed by atoms with van der Waals surface area (Å²) in [5, 5.41) is 9.96. The molecule has 1 saturated heterocycles. The van der Waals surface area contributed by atoms with Crippen LogP contribution in [-0.4, -0.2) is 34.9 Å². The van der Waals surface area contributed by atoms with Gasteiger partial charge in [-0.3, -0.25) is 19.2 Å². The number of furan rings is 1. The van der Waals surface area contributed by atoms with E-state index in [1.165, 1.54) is 19.5 Å². The van der Waals surface area contributed by atoms with Gasteiger partial charge in [0.2, 0.25) is 0 Å². The minimum Gasteiger partial charge on any atom is -0.481 e. The van der Waals surface area contributed by atoms with Gasteiger partial charge in [0, 0.05) is 24.8 Å². The van der Waals surface area contributed by atoms with Gasteiger partial charge in [0.1, 0.15) is 6.10 Å². The number of cyclic esters (lactones) is 1. The van der Waals surface area contributed by atoms with Gasteiger partial charge in [0.05, 0.1) is 24.4 Å². The van der Waals surface area contributed by atoms with Crippen LogP contribution in [0.3, 0.4) is 0 Å². The van der Waals surface area contributed by atoms with Crippen LogP contribution in [0, 0.1) is 28.6 Å². The predicted molar refractivity (Wildman–Crippen MR) is 101 cm³/mol. The molecule has 1 aromatic rings. The number of ketones is 1. The van der Waals surface area contributed by atoms with Crippen molar-refractivity contribution in [2.75, 3.05) is 0 Å². The first-order valence-electron chi connectivity index (χ1n) is 10.2. The van der Waals surface area contributed by atoms with Gasteiger partial charge in [0.15, 0.2) is 11.9 Å². The normalized spacial score (nSPS) is 40.7. The second-order valence-electron chi connectivity index (χ2n) is 9.35. The first-order valence-corrected chi connectivity index (χ1v) is 10.2. The van der Waals surface area contributed by atoms with Crippen LogP contribution in [0.4, 0.5) is 0 Å². The number of Topliss-reactive ketones (excluding diaryl/α,β-unsaturated/α-hetero) is 1. The van der Waals surface area contributed by atoms with Crippen molar-refractivity contribution in [3.8, 4) is 0 Å². The summed E-state index contributed by atoms with van der Waals surface area (Å²) in [7, 11) is 0. The summed E-state index contributed by atoms with van der Waals surface area (Å²) in [5.74, 6) is -4.44. The smallest absolute Gasteiger partial charge is 0.310 e. The van der Waals surface area contributed by atoms with Crippen LogP contribution >= 0.6 is 0 Å². The highest BCUT2D eigenvalue weighted by Crippen LogP contribution is 2.65. The number of hydrogen-bond donors (Lipinski definition) is 1. The van der Waals surface area contributed by atoms with Crippen LogP contribution in [0.1, 0.15) is 58.1 Å². The average molecular weight is 418 g/mol. The lowest BCUT2D eigenvalue weighted by Crippen LogP contribution is -2.64. The molecule has 0 bridgehead atoms. The number of hydrogen-bond acceptors (Lipinski definition) is 7. The maximum Gasteiger partial charge on any atom is 0.310 e. The highest BCUT2D eigenvalue weighted by molar-refractivity contribution is 5.93. The minimum atomic E-state index is -1.12. The van der Waals surface area contributed by atoms with E-state index < -0.39 is 52.7 Å².